The van der Waals surface area contributed by atoms with E-state index in [1.54, 1.807) is 0 Å². The van der Waals surface area contributed by atoms with Crippen molar-refractivity contribution < 1.29 is 0 Å². The van der Waals surface area contributed by atoms with Crippen LogP contribution in [0.1, 0.15) is 48.7 Å². The fourth-order valence-electron chi connectivity index (χ4n) is 1.32. The first kappa shape index (κ1) is 9.72. The van der Waals surface area contributed by atoms with Crippen molar-refractivity contribution in [1.82, 2.24) is 4.98 Å². The lowest BCUT2D eigenvalue weighted by Gasteiger charge is -1.99. The van der Waals surface area contributed by atoms with Crippen LogP contribution in [0, 0.1) is 6.92 Å². The van der Waals surface area contributed by atoms with Crippen LogP contribution in [0.15, 0.2) is 0 Å². The second kappa shape index (κ2) is 4.04. The van der Waals surface area contributed by atoms with Gasteiger partial charge in [0, 0.05) is 4.88 Å². The van der Waals surface area contributed by atoms with Gasteiger partial charge < -0.3 is 0 Å². The van der Waals surface area contributed by atoms with Crippen molar-refractivity contribution in [3.8, 4) is 0 Å². The Morgan fingerprint density at radius 3 is 2.50 bits per heavy atom. The van der Waals surface area contributed by atoms with Crippen LogP contribution in [0.25, 0.3) is 0 Å². The first-order chi connectivity index (χ1) is 5.65. The second-order valence-electron chi connectivity index (χ2n) is 3.46. The number of aromatic nitrogens is 1. The van der Waals surface area contributed by atoms with Crippen molar-refractivity contribution >= 4 is 11.3 Å². The Bertz CT molecular complexity index is 250. The summed E-state index contributed by atoms with van der Waals surface area (Å²) >= 11 is 1.88. The molecular formula is C10H17NS. The predicted molar refractivity (Wildman–Crippen MR) is 54.9 cm³/mol. The monoisotopic (exact) mass is 183 g/mol. The largest absolute Gasteiger partial charge is 0.246 e. The quantitative estimate of drug-likeness (QED) is 0.698. The Hall–Kier alpha value is -0.370. The molecule has 1 aromatic rings. The van der Waals surface area contributed by atoms with Gasteiger partial charge in [-0.2, -0.15) is 0 Å². The van der Waals surface area contributed by atoms with Gasteiger partial charge in [0.1, 0.15) is 0 Å². The van der Waals surface area contributed by atoms with E-state index in [-0.39, 0.29) is 0 Å². The highest BCUT2D eigenvalue weighted by Gasteiger charge is 2.09. The maximum absolute atomic E-state index is 4.54. The van der Waals surface area contributed by atoms with E-state index in [1.165, 1.54) is 22.0 Å². The van der Waals surface area contributed by atoms with Crippen molar-refractivity contribution in [3.05, 3.63) is 15.6 Å². The van der Waals surface area contributed by atoms with Gasteiger partial charge >= 0.3 is 0 Å². The highest BCUT2D eigenvalue weighted by atomic mass is 32.1. The summed E-state index contributed by atoms with van der Waals surface area (Å²) in [4.78, 5) is 6.00. The minimum absolute atomic E-state index is 0.633. The molecule has 0 fully saturated rings. The fourth-order valence-corrected chi connectivity index (χ4v) is 2.49. The molecule has 0 aliphatic carbocycles. The number of thiazole rings is 1. The Morgan fingerprint density at radius 1 is 1.42 bits per heavy atom. The molecule has 1 nitrogen and oxygen atoms in total. The Balaban J connectivity index is 2.85. The molecule has 0 atom stereocenters. The Labute approximate surface area is 78.8 Å². The molecule has 1 heterocycles. The number of rotatable bonds is 3. The molecule has 0 aliphatic rings. The molecule has 0 aromatic carbocycles. The summed E-state index contributed by atoms with van der Waals surface area (Å²) in [6, 6.07) is 0. The maximum Gasteiger partial charge on any atom is 0.0930 e. The first-order valence-electron chi connectivity index (χ1n) is 4.61. The van der Waals surface area contributed by atoms with Gasteiger partial charge in [-0.15, -0.1) is 11.3 Å². The summed E-state index contributed by atoms with van der Waals surface area (Å²) in [5.74, 6) is 0.633. The van der Waals surface area contributed by atoms with E-state index in [0.29, 0.717) is 5.92 Å². The highest BCUT2D eigenvalue weighted by molar-refractivity contribution is 7.11. The standard InChI is InChI=1S/C10H17NS/c1-5-6-9-11-8(4)10(12-9)7(2)3/h7H,5-6H2,1-4H3. The summed E-state index contributed by atoms with van der Waals surface area (Å²) in [6.45, 7) is 8.78. The molecule has 0 unspecified atom stereocenters. The molecule has 0 bridgehead atoms. The normalized spacial score (nSPS) is 11.1. The topological polar surface area (TPSA) is 12.9 Å². The van der Waals surface area contributed by atoms with E-state index < -0.39 is 0 Å². The van der Waals surface area contributed by atoms with Crippen LogP contribution in [0.2, 0.25) is 0 Å². The summed E-state index contributed by atoms with van der Waals surface area (Å²) < 4.78 is 0. The molecule has 0 saturated carbocycles. The zero-order chi connectivity index (χ0) is 9.14. The van der Waals surface area contributed by atoms with Crippen molar-refractivity contribution in [2.45, 2.75) is 46.5 Å². The third kappa shape index (κ3) is 2.07. The third-order valence-corrected chi connectivity index (χ3v) is 3.38. The average Bonchev–Trinajstić information content (AvgIpc) is 2.32. The van der Waals surface area contributed by atoms with Gasteiger partial charge in [0.2, 0.25) is 0 Å². The van der Waals surface area contributed by atoms with Gasteiger partial charge in [0.05, 0.1) is 10.7 Å². The van der Waals surface area contributed by atoms with Crippen molar-refractivity contribution in [1.29, 1.82) is 0 Å². The van der Waals surface area contributed by atoms with Gasteiger partial charge in [0.25, 0.3) is 0 Å². The second-order valence-corrected chi connectivity index (χ2v) is 4.58. The lowest BCUT2D eigenvalue weighted by Crippen LogP contribution is -1.85. The SMILES string of the molecule is CCCc1nc(C)c(C(C)C)s1. The number of hydrogen-bond donors (Lipinski definition) is 0. The molecule has 68 valence electrons. The van der Waals surface area contributed by atoms with Crippen molar-refractivity contribution in [2.24, 2.45) is 0 Å². The molecule has 0 N–H and O–H groups in total. The minimum atomic E-state index is 0.633. The van der Waals surface area contributed by atoms with Gasteiger partial charge in [-0.25, -0.2) is 4.98 Å². The summed E-state index contributed by atoms with van der Waals surface area (Å²) in [5, 5.41) is 1.30. The van der Waals surface area contributed by atoms with E-state index >= 15 is 0 Å². The molecule has 0 radical (unpaired) electrons. The molecule has 0 saturated heterocycles. The molecule has 0 amide bonds. The fraction of sp³-hybridized carbons (Fsp3) is 0.700. The van der Waals surface area contributed by atoms with E-state index in [2.05, 4.69) is 32.7 Å². The molecule has 12 heavy (non-hydrogen) atoms. The smallest absolute Gasteiger partial charge is 0.0930 e. The summed E-state index contributed by atoms with van der Waals surface area (Å²) in [6.07, 6.45) is 2.34. The van der Waals surface area contributed by atoms with Crippen molar-refractivity contribution in [3.63, 3.8) is 0 Å². The minimum Gasteiger partial charge on any atom is -0.246 e. The van der Waals surface area contributed by atoms with E-state index in [4.69, 9.17) is 0 Å². The van der Waals surface area contributed by atoms with Crippen LogP contribution >= 0.6 is 11.3 Å². The lowest BCUT2D eigenvalue weighted by atomic mass is 10.1. The number of aryl methyl sites for hydroxylation is 2. The van der Waals surface area contributed by atoms with Crippen LogP contribution in [0.5, 0.6) is 0 Å². The zero-order valence-corrected chi connectivity index (χ0v) is 9.16. The van der Waals surface area contributed by atoms with Crippen LogP contribution in [0.4, 0.5) is 0 Å². The molecule has 2 heteroatoms. The average molecular weight is 183 g/mol. The molecule has 0 aliphatic heterocycles. The van der Waals surface area contributed by atoms with Crippen molar-refractivity contribution in [2.75, 3.05) is 0 Å². The van der Waals surface area contributed by atoms with Gasteiger partial charge in [-0.1, -0.05) is 20.8 Å². The van der Waals surface area contributed by atoms with Gasteiger partial charge in [-0.05, 0) is 25.7 Å². The lowest BCUT2D eigenvalue weighted by molar-refractivity contribution is 0.866. The molecule has 0 spiro atoms. The van der Waals surface area contributed by atoms with Gasteiger partial charge in [-0.3, -0.25) is 0 Å². The van der Waals surface area contributed by atoms with Gasteiger partial charge in [0.15, 0.2) is 0 Å². The highest BCUT2D eigenvalue weighted by Crippen LogP contribution is 2.26. The summed E-state index contributed by atoms with van der Waals surface area (Å²) in [7, 11) is 0. The Morgan fingerprint density at radius 2 is 2.08 bits per heavy atom. The maximum atomic E-state index is 4.54. The van der Waals surface area contributed by atoms with E-state index in [9.17, 15) is 0 Å². The van der Waals surface area contributed by atoms with Crippen LogP contribution < -0.4 is 0 Å². The third-order valence-electron chi connectivity index (χ3n) is 1.87. The van der Waals surface area contributed by atoms with Crippen LogP contribution in [0.3, 0.4) is 0 Å². The van der Waals surface area contributed by atoms with E-state index in [1.807, 2.05) is 11.3 Å². The number of nitrogens with zero attached hydrogens (tertiary/aromatic N) is 1. The molecule has 1 aromatic heterocycles. The summed E-state index contributed by atoms with van der Waals surface area (Å²) in [5.41, 5.74) is 1.23. The first-order valence-corrected chi connectivity index (χ1v) is 5.43. The Kier molecular flexibility index (Phi) is 3.27. The number of hydrogen-bond acceptors (Lipinski definition) is 2. The molecule has 1 rings (SSSR count). The molecular weight excluding hydrogens is 166 g/mol. The van der Waals surface area contributed by atoms with Crippen LogP contribution in [-0.2, 0) is 6.42 Å². The zero-order valence-electron chi connectivity index (χ0n) is 8.35. The predicted octanol–water partition coefficient (Wildman–Crippen LogP) is 3.53. The van der Waals surface area contributed by atoms with Crippen LogP contribution in [-0.4, -0.2) is 4.98 Å². The van der Waals surface area contributed by atoms with E-state index in [0.717, 1.165) is 6.42 Å².